The molecule has 0 saturated heterocycles. The number of allylic oxidation sites excluding steroid dienone is 1. The molecule has 0 radical (unpaired) electrons. The molecule has 2 heteroatoms. The zero-order valence-electron chi connectivity index (χ0n) is 10.3. The van der Waals surface area contributed by atoms with Gasteiger partial charge in [0.2, 0.25) is 0 Å². The maximum atomic E-state index is 9.48. The van der Waals surface area contributed by atoms with Gasteiger partial charge in [-0.25, -0.2) is 0 Å². The molecule has 0 bridgehead atoms. The van der Waals surface area contributed by atoms with Crippen LogP contribution in [-0.2, 0) is 0 Å². The molecule has 0 fully saturated rings. The fraction of sp³-hybridized carbons (Fsp3) is 0.125. The summed E-state index contributed by atoms with van der Waals surface area (Å²) in [6.45, 7) is 2.10. The van der Waals surface area contributed by atoms with Crippen molar-refractivity contribution in [2.45, 2.75) is 13.3 Å². The highest BCUT2D eigenvalue weighted by molar-refractivity contribution is 5.81. The summed E-state index contributed by atoms with van der Waals surface area (Å²) in [6.07, 6.45) is 2.93. The summed E-state index contributed by atoms with van der Waals surface area (Å²) in [5.41, 5.74) is 3.25. The predicted molar refractivity (Wildman–Crippen MR) is 74.4 cm³/mol. The SMILES string of the molecule is CCC(=Cc1ccc(O)c(O)c1)c1ccccc1. The van der Waals surface area contributed by atoms with Crippen molar-refractivity contribution < 1.29 is 10.2 Å². The highest BCUT2D eigenvalue weighted by Gasteiger charge is 2.02. The minimum atomic E-state index is -0.0927. The Bertz CT molecular complexity index is 557. The van der Waals surface area contributed by atoms with E-state index in [0.29, 0.717) is 0 Å². The van der Waals surface area contributed by atoms with Gasteiger partial charge in [-0.2, -0.15) is 0 Å². The van der Waals surface area contributed by atoms with E-state index in [1.54, 1.807) is 12.1 Å². The van der Waals surface area contributed by atoms with Crippen molar-refractivity contribution in [3.05, 3.63) is 59.7 Å². The Morgan fingerprint density at radius 3 is 2.33 bits per heavy atom. The van der Waals surface area contributed by atoms with Crippen LogP contribution in [0.2, 0.25) is 0 Å². The number of benzene rings is 2. The molecule has 92 valence electrons. The van der Waals surface area contributed by atoms with Crippen molar-refractivity contribution in [2.75, 3.05) is 0 Å². The Morgan fingerprint density at radius 1 is 1.00 bits per heavy atom. The minimum Gasteiger partial charge on any atom is -0.504 e. The lowest BCUT2D eigenvalue weighted by Gasteiger charge is -2.06. The molecule has 0 amide bonds. The fourth-order valence-electron chi connectivity index (χ4n) is 1.87. The number of aromatic hydroxyl groups is 2. The van der Waals surface area contributed by atoms with E-state index in [2.05, 4.69) is 19.1 Å². The lowest BCUT2D eigenvalue weighted by molar-refractivity contribution is 0.403. The number of hydrogen-bond acceptors (Lipinski definition) is 2. The Labute approximate surface area is 107 Å². The number of phenols is 2. The van der Waals surface area contributed by atoms with Crippen LogP contribution in [0.3, 0.4) is 0 Å². The van der Waals surface area contributed by atoms with Crippen molar-refractivity contribution >= 4 is 11.6 Å². The molecular formula is C16H16O2. The second kappa shape index (κ2) is 5.41. The molecule has 2 N–H and O–H groups in total. The molecule has 0 heterocycles. The van der Waals surface area contributed by atoms with Crippen molar-refractivity contribution in [1.29, 1.82) is 0 Å². The lowest BCUT2D eigenvalue weighted by atomic mass is 10.0. The van der Waals surface area contributed by atoms with Crippen molar-refractivity contribution in [2.24, 2.45) is 0 Å². The monoisotopic (exact) mass is 240 g/mol. The molecule has 0 spiro atoms. The zero-order chi connectivity index (χ0) is 13.0. The average Bonchev–Trinajstić information content (AvgIpc) is 2.41. The summed E-state index contributed by atoms with van der Waals surface area (Å²) in [5, 5.41) is 18.8. The van der Waals surface area contributed by atoms with E-state index < -0.39 is 0 Å². The molecule has 0 aliphatic carbocycles. The summed E-state index contributed by atoms with van der Waals surface area (Å²) in [7, 11) is 0. The standard InChI is InChI=1S/C16H16O2/c1-2-13(14-6-4-3-5-7-14)10-12-8-9-15(17)16(18)11-12/h3-11,17-18H,2H2,1H3. The maximum Gasteiger partial charge on any atom is 0.157 e. The first-order valence-corrected chi connectivity index (χ1v) is 5.98. The van der Waals surface area contributed by atoms with E-state index in [1.807, 2.05) is 24.3 Å². The Balaban J connectivity index is 2.38. The Kier molecular flexibility index (Phi) is 3.68. The van der Waals surface area contributed by atoms with E-state index >= 15 is 0 Å². The molecule has 2 aromatic rings. The third kappa shape index (κ3) is 2.72. The maximum absolute atomic E-state index is 9.48. The van der Waals surface area contributed by atoms with Gasteiger partial charge in [0, 0.05) is 0 Å². The van der Waals surface area contributed by atoms with Crippen LogP contribution in [0.15, 0.2) is 48.5 Å². The van der Waals surface area contributed by atoms with Crippen LogP contribution in [0.4, 0.5) is 0 Å². The van der Waals surface area contributed by atoms with Gasteiger partial charge in [0.1, 0.15) is 0 Å². The first kappa shape index (κ1) is 12.2. The molecule has 2 aromatic carbocycles. The van der Waals surface area contributed by atoms with Crippen LogP contribution in [0.5, 0.6) is 11.5 Å². The largest absolute Gasteiger partial charge is 0.504 e. The van der Waals surface area contributed by atoms with E-state index in [0.717, 1.165) is 12.0 Å². The molecule has 2 nitrogen and oxygen atoms in total. The van der Waals surface area contributed by atoms with Gasteiger partial charge >= 0.3 is 0 Å². The van der Waals surface area contributed by atoms with Crippen LogP contribution in [-0.4, -0.2) is 10.2 Å². The molecule has 18 heavy (non-hydrogen) atoms. The van der Waals surface area contributed by atoms with Gasteiger partial charge in [-0.15, -0.1) is 0 Å². The number of phenolic OH excluding ortho intramolecular Hbond substituents is 2. The Morgan fingerprint density at radius 2 is 1.72 bits per heavy atom. The topological polar surface area (TPSA) is 40.5 Å². The second-order valence-electron chi connectivity index (χ2n) is 4.14. The third-order valence-corrected chi connectivity index (χ3v) is 2.87. The highest BCUT2D eigenvalue weighted by Crippen LogP contribution is 2.28. The first-order valence-electron chi connectivity index (χ1n) is 5.98. The van der Waals surface area contributed by atoms with Crippen LogP contribution < -0.4 is 0 Å². The normalized spacial score (nSPS) is 11.5. The predicted octanol–water partition coefficient (Wildman–Crippen LogP) is 4.05. The van der Waals surface area contributed by atoms with Crippen LogP contribution in [0.1, 0.15) is 24.5 Å². The molecule has 2 rings (SSSR count). The summed E-state index contributed by atoms with van der Waals surface area (Å²) in [6, 6.07) is 15.0. The van der Waals surface area contributed by atoms with Crippen LogP contribution >= 0.6 is 0 Å². The van der Waals surface area contributed by atoms with E-state index in [1.165, 1.54) is 17.2 Å². The summed E-state index contributed by atoms with van der Waals surface area (Å²) >= 11 is 0. The number of hydrogen-bond donors (Lipinski definition) is 2. The van der Waals surface area contributed by atoms with Crippen molar-refractivity contribution in [3.8, 4) is 11.5 Å². The molecular weight excluding hydrogens is 224 g/mol. The Hall–Kier alpha value is -2.22. The zero-order valence-corrected chi connectivity index (χ0v) is 10.3. The van der Waals surface area contributed by atoms with E-state index in [4.69, 9.17) is 0 Å². The molecule has 0 atom stereocenters. The summed E-state index contributed by atoms with van der Waals surface area (Å²) in [4.78, 5) is 0. The van der Waals surface area contributed by atoms with Crippen LogP contribution in [0.25, 0.3) is 11.6 Å². The number of rotatable bonds is 3. The van der Waals surface area contributed by atoms with Gasteiger partial charge in [0.05, 0.1) is 0 Å². The average molecular weight is 240 g/mol. The smallest absolute Gasteiger partial charge is 0.157 e. The third-order valence-electron chi connectivity index (χ3n) is 2.87. The molecule has 0 aromatic heterocycles. The molecule has 0 aliphatic heterocycles. The first-order chi connectivity index (χ1) is 8.70. The van der Waals surface area contributed by atoms with Gasteiger partial charge in [-0.1, -0.05) is 49.4 Å². The summed E-state index contributed by atoms with van der Waals surface area (Å²) in [5.74, 6) is -0.183. The van der Waals surface area contributed by atoms with Gasteiger partial charge < -0.3 is 10.2 Å². The van der Waals surface area contributed by atoms with Crippen molar-refractivity contribution in [3.63, 3.8) is 0 Å². The lowest BCUT2D eigenvalue weighted by Crippen LogP contribution is -1.83. The van der Waals surface area contributed by atoms with Crippen molar-refractivity contribution in [1.82, 2.24) is 0 Å². The van der Waals surface area contributed by atoms with Gasteiger partial charge in [0.25, 0.3) is 0 Å². The van der Waals surface area contributed by atoms with E-state index in [-0.39, 0.29) is 11.5 Å². The minimum absolute atomic E-state index is 0.0905. The van der Waals surface area contributed by atoms with Crippen LogP contribution in [0, 0.1) is 0 Å². The second-order valence-corrected chi connectivity index (χ2v) is 4.14. The molecule has 0 aliphatic rings. The van der Waals surface area contributed by atoms with E-state index in [9.17, 15) is 10.2 Å². The fourth-order valence-corrected chi connectivity index (χ4v) is 1.87. The summed E-state index contributed by atoms with van der Waals surface area (Å²) < 4.78 is 0. The van der Waals surface area contributed by atoms with Gasteiger partial charge in [0.15, 0.2) is 11.5 Å². The molecule has 0 unspecified atom stereocenters. The van der Waals surface area contributed by atoms with Gasteiger partial charge in [-0.05, 0) is 35.3 Å². The highest BCUT2D eigenvalue weighted by atomic mass is 16.3. The molecule has 0 saturated carbocycles. The van der Waals surface area contributed by atoms with Gasteiger partial charge in [-0.3, -0.25) is 0 Å². The quantitative estimate of drug-likeness (QED) is 0.627.